The lowest BCUT2D eigenvalue weighted by atomic mass is 9.95. The Labute approximate surface area is 110 Å². The molecular weight excluding hydrogens is 226 g/mol. The van der Waals surface area contributed by atoms with Crippen LogP contribution in [0.25, 0.3) is 0 Å². The molecule has 0 aromatic rings. The molecule has 1 rings (SSSR count). The summed E-state index contributed by atoms with van der Waals surface area (Å²) in [5.74, 6) is 0.729. The number of nitriles is 1. The fourth-order valence-electron chi connectivity index (χ4n) is 2.34. The number of hydrogen-bond donors (Lipinski definition) is 1. The topological polar surface area (TPSA) is 53.2 Å². The predicted octanol–water partition coefficient (Wildman–Crippen LogP) is 4.11. The Morgan fingerprint density at radius 3 is 2.72 bits per heavy atom. The minimum absolute atomic E-state index is 0.0753. The van der Waals surface area contributed by atoms with Gasteiger partial charge in [-0.25, -0.2) is 0 Å². The molecule has 3 heteroatoms. The van der Waals surface area contributed by atoms with Crippen molar-refractivity contribution in [3.63, 3.8) is 0 Å². The molecule has 0 unspecified atom stereocenters. The third kappa shape index (κ3) is 4.34. The van der Waals surface area contributed by atoms with Crippen LogP contribution >= 0.6 is 0 Å². The van der Waals surface area contributed by atoms with Gasteiger partial charge in [0, 0.05) is 6.42 Å². The maximum atomic E-state index is 9.74. The number of aliphatic hydroxyl groups is 1. The molecule has 0 aromatic heterocycles. The fraction of sp³-hybridized carbons (Fsp3) is 0.800. The summed E-state index contributed by atoms with van der Waals surface area (Å²) in [7, 11) is 0. The molecular formula is C15H25NO2. The number of allylic oxidation sites excluding steroid dienone is 1. The van der Waals surface area contributed by atoms with E-state index in [9.17, 15) is 5.11 Å². The lowest BCUT2D eigenvalue weighted by molar-refractivity contribution is -0.0496. The van der Waals surface area contributed by atoms with Crippen LogP contribution in [0.15, 0.2) is 11.3 Å². The summed E-state index contributed by atoms with van der Waals surface area (Å²) >= 11 is 0. The zero-order valence-corrected chi connectivity index (χ0v) is 11.8. The van der Waals surface area contributed by atoms with Gasteiger partial charge < -0.3 is 9.84 Å². The second-order valence-corrected chi connectivity index (χ2v) is 5.46. The van der Waals surface area contributed by atoms with Gasteiger partial charge in [-0.05, 0) is 25.2 Å². The van der Waals surface area contributed by atoms with Crippen molar-refractivity contribution >= 4 is 0 Å². The van der Waals surface area contributed by atoms with Crippen LogP contribution in [0.2, 0.25) is 0 Å². The molecule has 102 valence electrons. The SMILES string of the molecule is CCCC[C@@H](O[C@@H]1CCC(C#N)=C(O)C1)C(C)C. The summed E-state index contributed by atoms with van der Waals surface area (Å²) < 4.78 is 6.11. The highest BCUT2D eigenvalue weighted by Crippen LogP contribution is 2.28. The highest BCUT2D eigenvalue weighted by atomic mass is 16.5. The number of ether oxygens (including phenoxy) is 1. The van der Waals surface area contributed by atoms with E-state index in [-0.39, 0.29) is 18.0 Å². The summed E-state index contributed by atoms with van der Waals surface area (Å²) in [5.41, 5.74) is 0.532. The van der Waals surface area contributed by atoms with Gasteiger partial charge >= 0.3 is 0 Å². The maximum Gasteiger partial charge on any atom is 0.108 e. The summed E-state index contributed by atoms with van der Waals surface area (Å²) in [6.45, 7) is 6.55. The molecule has 0 saturated heterocycles. The van der Waals surface area contributed by atoms with Crippen molar-refractivity contribution in [3.05, 3.63) is 11.3 Å². The number of nitrogens with zero attached hydrogens (tertiary/aromatic N) is 1. The second kappa shape index (κ2) is 7.43. The summed E-state index contributed by atoms with van der Waals surface area (Å²) in [6, 6.07) is 2.06. The second-order valence-electron chi connectivity index (χ2n) is 5.46. The third-order valence-electron chi connectivity index (χ3n) is 3.57. The van der Waals surface area contributed by atoms with Crippen LogP contribution in [0.5, 0.6) is 0 Å². The number of rotatable bonds is 6. The van der Waals surface area contributed by atoms with Crippen LogP contribution in [0.3, 0.4) is 0 Å². The first-order chi connectivity index (χ1) is 8.58. The van der Waals surface area contributed by atoms with E-state index in [0.717, 1.165) is 12.8 Å². The fourth-order valence-corrected chi connectivity index (χ4v) is 2.34. The molecule has 3 nitrogen and oxygen atoms in total. The Morgan fingerprint density at radius 1 is 1.50 bits per heavy atom. The third-order valence-corrected chi connectivity index (χ3v) is 3.57. The molecule has 0 bridgehead atoms. The Hall–Kier alpha value is -1.01. The minimum atomic E-state index is 0.0753. The predicted molar refractivity (Wildman–Crippen MR) is 72.1 cm³/mol. The highest BCUT2D eigenvalue weighted by Gasteiger charge is 2.25. The van der Waals surface area contributed by atoms with Gasteiger partial charge in [-0.3, -0.25) is 0 Å². The smallest absolute Gasteiger partial charge is 0.108 e. The molecule has 0 fully saturated rings. The van der Waals surface area contributed by atoms with E-state index in [1.54, 1.807) is 0 Å². The Balaban J connectivity index is 2.52. The van der Waals surface area contributed by atoms with E-state index in [1.165, 1.54) is 12.8 Å². The van der Waals surface area contributed by atoms with Crippen molar-refractivity contribution in [2.45, 2.75) is 71.5 Å². The lowest BCUT2D eigenvalue weighted by Gasteiger charge is -2.29. The molecule has 0 saturated carbocycles. The summed E-state index contributed by atoms with van der Waals surface area (Å²) in [6.07, 6.45) is 5.78. The van der Waals surface area contributed by atoms with E-state index in [4.69, 9.17) is 10.00 Å². The lowest BCUT2D eigenvalue weighted by Crippen LogP contribution is -2.29. The van der Waals surface area contributed by atoms with Crippen LogP contribution in [-0.4, -0.2) is 17.3 Å². The maximum absolute atomic E-state index is 9.74. The van der Waals surface area contributed by atoms with Gasteiger partial charge in [-0.15, -0.1) is 0 Å². The molecule has 0 radical (unpaired) electrons. The van der Waals surface area contributed by atoms with Crippen LogP contribution in [0, 0.1) is 17.2 Å². The molecule has 18 heavy (non-hydrogen) atoms. The molecule has 0 spiro atoms. The molecule has 1 aliphatic carbocycles. The quantitative estimate of drug-likeness (QED) is 0.773. The van der Waals surface area contributed by atoms with Crippen molar-refractivity contribution in [2.24, 2.45) is 5.92 Å². The first kappa shape index (κ1) is 15.0. The van der Waals surface area contributed by atoms with Crippen molar-refractivity contribution in [1.29, 1.82) is 5.26 Å². The van der Waals surface area contributed by atoms with Gasteiger partial charge in [-0.2, -0.15) is 5.26 Å². The molecule has 1 N–H and O–H groups in total. The number of hydrogen-bond acceptors (Lipinski definition) is 3. The van der Waals surface area contributed by atoms with Gasteiger partial charge in [0.1, 0.15) is 5.76 Å². The van der Waals surface area contributed by atoms with Gasteiger partial charge in [0.05, 0.1) is 23.9 Å². The Kier molecular flexibility index (Phi) is 6.21. The van der Waals surface area contributed by atoms with E-state index in [1.807, 2.05) is 0 Å². The summed E-state index contributed by atoms with van der Waals surface area (Å²) in [5, 5.41) is 18.6. The molecule has 1 aliphatic rings. The molecule has 0 aromatic carbocycles. The normalized spacial score (nSPS) is 22.1. The monoisotopic (exact) mass is 251 g/mol. The summed E-state index contributed by atoms with van der Waals surface area (Å²) in [4.78, 5) is 0. The minimum Gasteiger partial charge on any atom is -0.511 e. The Morgan fingerprint density at radius 2 is 2.22 bits per heavy atom. The van der Waals surface area contributed by atoms with Gasteiger partial charge in [0.15, 0.2) is 0 Å². The zero-order chi connectivity index (χ0) is 13.5. The van der Waals surface area contributed by atoms with Crippen molar-refractivity contribution in [2.75, 3.05) is 0 Å². The van der Waals surface area contributed by atoms with Crippen LogP contribution in [0.4, 0.5) is 0 Å². The van der Waals surface area contributed by atoms with E-state index >= 15 is 0 Å². The molecule has 2 atom stereocenters. The van der Waals surface area contributed by atoms with Gasteiger partial charge in [0.2, 0.25) is 0 Å². The average molecular weight is 251 g/mol. The van der Waals surface area contributed by atoms with E-state index in [2.05, 4.69) is 26.8 Å². The zero-order valence-electron chi connectivity index (χ0n) is 11.8. The van der Waals surface area contributed by atoms with Crippen molar-refractivity contribution in [1.82, 2.24) is 0 Å². The van der Waals surface area contributed by atoms with Crippen molar-refractivity contribution in [3.8, 4) is 6.07 Å². The standard InChI is InChI=1S/C15H25NO2/c1-4-5-6-15(11(2)3)18-13-8-7-12(10-16)14(17)9-13/h11,13,15,17H,4-9H2,1-3H3/t13-,15-/m1/s1. The molecule has 0 amide bonds. The van der Waals surface area contributed by atoms with Crippen molar-refractivity contribution < 1.29 is 9.84 Å². The Bertz CT molecular complexity index is 328. The van der Waals surface area contributed by atoms with Crippen LogP contribution in [-0.2, 0) is 4.74 Å². The van der Waals surface area contributed by atoms with E-state index < -0.39 is 0 Å². The largest absolute Gasteiger partial charge is 0.511 e. The van der Waals surface area contributed by atoms with Gasteiger partial charge in [-0.1, -0.05) is 33.6 Å². The number of unbranched alkanes of at least 4 members (excludes halogenated alkanes) is 1. The first-order valence-electron chi connectivity index (χ1n) is 7.05. The molecule has 0 heterocycles. The van der Waals surface area contributed by atoms with E-state index in [0.29, 0.717) is 24.3 Å². The average Bonchev–Trinajstić information content (AvgIpc) is 2.34. The van der Waals surface area contributed by atoms with Crippen LogP contribution < -0.4 is 0 Å². The van der Waals surface area contributed by atoms with Crippen LogP contribution in [0.1, 0.15) is 59.3 Å². The van der Waals surface area contributed by atoms with Gasteiger partial charge in [0.25, 0.3) is 0 Å². The first-order valence-corrected chi connectivity index (χ1v) is 7.05. The number of aliphatic hydroxyl groups excluding tert-OH is 1. The molecule has 0 aliphatic heterocycles. The highest BCUT2D eigenvalue weighted by molar-refractivity contribution is 5.26.